The van der Waals surface area contributed by atoms with Gasteiger partial charge in [0, 0.05) is 19.1 Å². The van der Waals surface area contributed by atoms with Gasteiger partial charge in [-0.05, 0) is 24.1 Å². The maximum absolute atomic E-state index is 13.0. The number of nitrogens with two attached hydrogens (primary N) is 1. The predicted molar refractivity (Wildman–Crippen MR) is 67.2 cm³/mol. The van der Waals surface area contributed by atoms with Gasteiger partial charge in [0.25, 0.3) is 0 Å². The van der Waals surface area contributed by atoms with Crippen LogP contribution in [-0.2, 0) is 6.54 Å². The van der Waals surface area contributed by atoms with E-state index in [1.54, 1.807) is 12.1 Å². The van der Waals surface area contributed by atoms with Crippen LogP contribution in [-0.4, -0.2) is 21.5 Å². The van der Waals surface area contributed by atoms with Crippen molar-refractivity contribution in [2.45, 2.75) is 23.1 Å². The molecule has 1 aromatic rings. The number of hydrogen-bond acceptors (Lipinski definition) is 2. The molecule has 2 atom stereocenters. The van der Waals surface area contributed by atoms with E-state index in [9.17, 15) is 4.39 Å². The van der Waals surface area contributed by atoms with Gasteiger partial charge in [-0.3, -0.25) is 4.90 Å². The Kier molecular flexibility index (Phi) is 3.58. The van der Waals surface area contributed by atoms with Crippen molar-refractivity contribution < 1.29 is 4.39 Å². The molecule has 0 bridgehead atoms. The van der Waals surface area contributed by atoms with E-state index in [1.165, 1.54) is 6.07 Å². The molecule has 0 radical (unpaired) electrons. The molecule has 0 spiro atoms. The number of rotatable bonds is 2. The van der Waals surface area contributed by atoms with Crippen LogP contribution in [0, 0.1) is 5.82 Å². The SMILES string of the molecule is N[C@@H]1CCN(Cc2cccc(F)c2)C1I. The third-order valence-electron chi connectivity index (χ3n) is 2.73. The zero-order valence-corrected chi connectivity index (χ0v) is 10.5. The molecular weight excluding hydrogens is 306 g/mol. The number of benzene rings is 1. The predicted octanol–water partition coefficient (Wildman–Crippen LogP) is 2.12. The molecule has 1 fully saturated rings. The molecule has 4 heteroatoms. The molecule has 2 N–H and O–H groups in total. The van der Waals surface area contributed by atoms with E-state index in [0.29, 0.717) is 4.05 Å². The quantitative estimate of drug-likeness (QED) is 0.514. The minimum absolute atomic E-state index is 0.166. The summed E-state index contributed by atoms with van der Waals surface area (Å²) in [6.45, 7) is 1.80. The van der Waals surface area contributed by atoms with E-state index in [4.69, 9.17) is 5.73 Å². The Morgan fingerprint density at radius 2 is 2.33 bits per heavy atom. The molecule has 1 unspecified atom stereocenters. The molecule has 1 aliphatic rings. The fourth-order valence-corrected chi connectivity index (χ4v) is 2.72. The second-order valence-corrected chi connectivity index (χ2v) is 5.20. The minimum Gasteiger partial charge on any atom is -0.326 e. The Bertz CT molecular complexity index is 345. The minimum atomic E-state index is -0.166. The van der Waals surface area contributed by atoms with E-state index in [0.717, 1.165) is 25.1 Å². The number of hydrogen-bond donors (Lipinski definition) is 1. The highest BCUT2D eigenvalue weighted by atomic mass is 127. The summed E-state index contributed by atoms with van der Waals surface area (Å²) >= 11 is 2.36. The van der Waals surface area contributed by atoms with Gasteiger partial charge < -0.3 is 5.73 Å². The smallest absolute Gasteiger partial charge is 0.123 e. The Morgan fingerprint density at radius 3 is 2.93 bits per heavy atom. The highest BCUT2D eigenvalue weighted by Gasteiger charge is 2.28. The molecule has 82 valence electrons. The maximum Gasteiger partial charge on any atom is 0.123 e. The summed E-state index contributed by atoms with van der Waals surface area (Å²) in [6, 6.07) is 7.02. The second kappa shape index (κ2) is 4.76. The summed E-state index contributed by atoms with van der Waals surface area (Å²) in [6.07, 6.45) is 1.03. The second-order valence-electron chi connectivity index (χ2n) is 3.93. The highest BCUT2D eigenvalue weighted by molar-refractivity contribution is 14.1. The van der Waals surface area contributed by atoms with Crippen LogP contribution in [0.1, 0.15) is 12.0 Å². The van der Waals surface area contributed by atoms with Crippen LogP contribution < -0.4 is 5.73 Å². The molecule has 1 saturated heterocycles. The zero-order valence-electron chi connectivity index (χ0n) is 8.37. The zero-order chi connectivity index (χ0) is 10.8. The Morgan fingerprint density at radius 1 is 1.53 bits per heavy atom. The van der Waals surface area contributed by atoms with Crippen LogP contribution in [0.4, 0.5) is 4.39 Å². The first-order valence-corrected chi connectivity index (χ1v) is 6.29. The molecule has 1 heterocycles. The molecule has 1 aliphatic heterocycles. The van der Waals surface area contributed by atoms with Gasteiger partial charge in [0.1, 0.15) is 5.82 Å². The molecular formula is C11H14FIN2. The van der Waals surface area contributed by atoms with Crippen LogP contribution in [0.25, 0.3) is 0 Å². The topological polar surface area (TPSA) is 29.3 Å². The van der Waals surface area contributed by atoms with Crippen LogP contribution in [0.15, 0.2) is 24.3 Å². The standard InChI is InChI=1S/C11H14FIN2/c12-9-3-1-2-8(6-9)7-15-5-4-10(14)11(15)13/h1-3,6,10-11H,4-5,7,14H2/t10-,11?/m1/s1. The molecule has 1 aromatic carbocycles. The van der Waals surface area contributed by atoms with Crippen molar-refractivity contribution in [1.29, 1.82) is 0 Å². The largest absolute Gasteiger partial charge is 0.326 e. The molecule has 2 rings (SSSR count). The van der Waals surface area contributed by atoms with E-state index in [-0.39, 0.29) is 11.9 Å². The van der Waals surface area contributed by atoms with E-state index in [2.05, 4.69) is 27.5 Å². The monoisotopic (exact) mass is 320 g/mol. The number of alkyl halides is 1. The highest BCUT2D eigenvalue weighted by Crippen LogP contribution is 2.24. The van der Waals surface area contributed by atoms with Crippen LogP contribution in [0.2, 0.25) is 0 Å². The lowest BCUT2D eigenvalue weighted by molar-refractivity contribution is 0.313. The fraction of sp³-hybridized carbons (Fsp3) is 0.455. The summed E-state index contributed by atoms with van der Waals surface area (Å²) in [5, 5.41) is 0. The first-order chi connectivity index (χ1) is 7.16. The molecule has 0 aliphatic carbocycles. The van der Waals surface area contributed by atoms with Gasteiger partial charge in [-0.15, -0.1) is 0 Å². The Hall–Kier alpha value is -0.200. The van der Waals surface area contributed by atoms with Crippen molar-refractivity contribution in [3.05, 3.63) is 35.6 Å². The van der Waals surface area contributed by atoms with Gasteiger partial charge in [-0.1, -0.05) is 34.7 Å². The third kappa shape index (κ3) is 2.68. The summed E-state index contributed by atoms with van der Waals surface area (Å²) in [5.74, 6) is -0.166. The van der Waals surface area contributed by atoms with Gasteiger partial charge in [0.2, 0.25) is 0 Å². The molecule has 2 nitrogen and oxygen atoms in total. The summed E-state index contributed by atoms with van der Waals surface area (Å²) < 4.78 is 13.3. The first kappa shape index (κ1) is 11.3. The van der Waals surface area contributed by atoms with Gasteiger partial charge in [0.05, 0.1) is 4.05 Å². The normalized spacial score (nSPS) is 27.1. The summed E-state index contributed by atoms with van der Waals surface area (Å²) in [5.41, 5.74) is 6.95. The van der Waals surface area contributed by atoms with Crippen molar-refractivity contribution in [3.8, 4) is 0 Å². The summed E-state index contributed by atoms with van der Waals surface area (Å²) in [7, 11) is 0. The summed E-state index contributed by atoms with van der Waals surface area (Å²) in [4.78, 5) is 2.29. The van der Waals surface area contributed by atoms with Gasteiger partial charge in [-0.2, -0.15) is 0 Å². The van der Waals surface area contributed by atoms with Crippen LogP contribution >= 0.6 is 22.6 Å². The number of likely N-dealkylation sites (tertiary alicyclic amines) is 1. The fourth-order valence-electron chi connectivity index (χ4n) is 1.88. The Labute approximate surface area is 103 Å². The number of halogens is 2. The van der Waals surface area contributed by atoms with Crippen molar-refractivity contribution in [3.63, 3.8) is 0 Å². The van der Waals surface area contributed by atoms with Crippen LogP contribution in [0.5, 0.6) is 0 Å². The van der Waals surface area contributed by atoms with Crippen molar-refractivity contribution in [2.75, 3.05) is 6.54 Å². The molecule has 0 saturated carbocycles. The van der Waals surface area contributed by atoms with Gasteiger partial charge in [-0.25, -0.2) is 4.39 Å². The number of nitrogens with zero attached hydrogens (tertiary/aromatic N) is 1. The van der Waals surface area contributed by atoms with E-state index < -0.39 is 0 Å². The average Bonchev–Trinajstić information content (AvgIpc) is 2.50. The maximum atomic E-state index is 13.0. The average molecular weight is 320 g/mol. The Balaban J connectivity index is 2.03. The van der Waals surface area contributed by atoms with Crippen molar-refractivity contribution in [1.82, 2.24) is 4.90 Å². The molecule has 0 aromatic heterocycles. The van der Waals surface area contributed by atoms with Gasteiger partial charge >= 0.3 is 0 Å². The van der Waals surface area contributed by atoms with Crippen LogP contribution in [0.3, 0.4) is 0 Å². The first-order valence-electron chi connectivity index (χ1n) is 5.05. The lowest BCUT2D eigenvalue weighted by Gasteiger charge is -2.21. The molecule has 0 amide bonds. The lowest BCUT2D eigenvalue weighted by Crippen LogP contribution is -2.33. The van der Waals surface area contributed by atoms with Crippen molar-refractivity contribution in [2.24, 2.45) is 5.73 Å². The van der Waals surface area contributed by atoms with Crippen molar-refractivity contribution >= 4 is 22.6 Å². The van der Waals surface area contributed by atoms with E-state index >= 15 is 0 Å². The lowest BCUT2D eigenvalue weighted by atomic mass is 10.2. The van der Waals surface area contributed by atoms with E-state index in [1.807, 2.05) is 6.07 Å². The third-order valence-corrected chi connectivity index (χ3v) is 4.44. The molecule has 15 heavy (non-hydrogen) atoms. The van der Waals surface area contributed by atoms with Gasteiger partial charge in [0.15, 0.2) is 0 Å².